The molecule has 0 fully saturated rings. The molecule has 0 atom stereocenters. The average molecular weight is 512 g/mol. The van der Waals surface area contributed by atoms with Crippen LogP contribution in [-0.4, -0.2) is 20.4 Å². The summed E-state index contributed by atoms with van der Waals surface area (Å²) in [6.07, 6.45) is 0. The molecule has 2 aromatic rings. The first kappa shape index (κ1) is 24.6. The van der Waals surface area contributed by atoms with Crippen LogP contribution in [-0.2, 0) is 26.3 Å². The van der Waals surface area contributed by atoms with E-state index in [0.717, 1.165) is 10.8 Å². The van der Waals surface area contributed by atoms with Crippen LogP contribution in [0.3, 0.4) is 0 Å². The van der Waals surface area contributed by atoms with Crippen molar-refractivity contribution >= 4 is 36.1 Å². The zero-order valence-electron chi connectivity index (χ0n) is 16.4. The fourth-order valence-electron chi connectivity index (χ4n) is 2.91. The maximum absolute atomic E-state index is 14.2. The summed E-state index contributed by atoms with van der Waals surface area (Å²) in [5.74, 6) is -0.959. The standard InChI is InChI=1S/C19H25F2NOSi.2ClH.Zr/c1-19(2,3)13-9-7-12-16(18(13)23)24(5,6)22(4)17-14(20)10-8-11-15(17)21;;;/h7-12,23H,1-6H3;2*1H;/q;;;+2/p-2. The third-order valence-electron chi connectivity index (χ3n) is 4.61. The predicted molar refractivity (Wildman–Crippen MR) is 110 cm³/mol. The summed E-state index contributed by atoms with van der Waals surface area (Å²) in [5.41, 5.74) is 0.574. The van der Waals surface area contributed by atoms with Gasteiger partial charge in [0.2, 0.25) is 0 Å². The summed E-state index contributed by atoms with van der Waals surface area (Å²) in [4.78, 5) is 0. The third-order valence-corrected chi connectivity index (χ3v) is 8.24. The van der Waals surface area contributed by atoms with Crippen molar-refractivity contribution in [2.24, 2.45) is 0 Å². The summed E-state index contributed by atoms with van der Waals surface area (Å²) < 4.78 is 30.1. The molecule has 2 aromatic carbocycles. The minimum absolute atomic E-state index is 0.0465. The molecule has 0 heterocycles. The number of para-hydroxylation sites is 2. The first-order valence-corrected chi connectivity index (χ1v) is 17.6. The Balaban J connectivity index is 0.00000114. The van der Waals surface area contributed by atoms with Gasteiger partial charge in [0.1, 0.15) is 23.1 Å². The summed E-state index contributed by atoms with van der Waals surface area (Å²) >= 11 is -0.826. The molecule has 0 saturated carbocycles. The van der Waals surface area contributed by atoms with E-state index in [4.69, 9.17) is 17.0 Å². The number of hydrogen-bond acceptors (Lipinski definition) is 2. The molecule has 0 aliphatic rings. The van der Waals surface area contributed by atoms with E-state index >= 15 is 0 Å². The molecule has 2 nitrogen and oxygen atoms in total. The molecule has 0 aromatic heterocycles. The van der Waals surface area contributed by atoms with Gasteiger partial charge in [0.15, 0.2) is 8.24 Å². The monoisotopic (exact) mass is 509 g/mol. The molecule has 0 aliphatic heterocycles. The van der Waals surface area contributed by atoms with Gasteiger partial charge in [0, 0.05) is 5.19 Å². The van der Waals surface area contributed by atoms with Crippen molar-refractivity contribution in [1.29, 1.82) is 0 Å². The molecule has 27 heavy (non-hydrogen) atoms. The van der Waals surface area contributed by atoms with E-state index in [9.17, 15) is 13.9 Å². The van der Waals surface area contributed by atoms with E-state index in [1.807, 2.05) is 52.1 Å². The molecule has 0 unspecified atom stereocenters. The molecular weight excluding hydrogens is 486 g/mol. The first-order chi connectivity index (χ1) is 12.4. The molecule has 0 saturated heterocycles. The second-order valence-electron chi connectivity index (χ2n) is 7.71. The van der Waals surface area contributed by atoms with E-state index in [-0.39, 0.29) is 16.9 Å². The minimum atomic E-state index is -2.54. The number of aromatic hydroxyl groups is 1. The van der Waals surface area contributed by atoms with E-state index in [1.165, 1.54) is 18.2 Å². The summed E-state index contributed by atoms with van der Waals surface area (Å²) in [7, 11) is 9.02. The van der Waals surface area contributed by atoms with Crippen molar-refractivity contribution < 1.29 is 34.7 Å². The van der Waals surface area contributed by atoms with Crippen LogP contribution in [0.25, 0.3) is 0 Å². The van der Waals surface area contributed by atoms with E-state index in [2.05, 4.69) is 0 Å². The molecule has 0 radical (unpaired) electrons. The molecular formula is C19H25Cl2F2NOSiZr. The number of phenolic OH excluding ortho intramolecular Hbond substituents is 1. The van der Waals surface area contributed by atoms with Gasteiger partial charge in [-0.15, -0.1) is 0 Å². The number of anilines is 1. The SMILES string of the molecule is CN(c1c(F)cccc1F)[Si](C)(C)c1cccc(C(C)(C)C)c1O.[Cl][Zr][Cl]. The van der Waals surface area contributed by atoms with Crippen LogP contribution < -0.4 is 9.75 Å². The van der Waals surface area contributed by atoms with Gasteiger partial charge in [-0.05, 0) is 43.3 Å². The second kappa shape index (κ2) is 9.87. The Labute approximate surface area is 180 Å². The Hall–Kier alpha value is -0.420. The first-order valence-electron chi connectivity index (χ1n) is 8.36. The Kier molecular flexibility index (Phi) is 8.99. The summed E-state index contributed by atoms with van der Waals surface area (Å²) in [6.45, 7) is 10.0. The Morgan fingerprint density at radius 1 is 1.00 bits per heavy atom. The van der Waals surface area contributed by atoms with Gasteiger partial charge in [-0.2, -0.15) is 0 Å². The van der Waals surface area contributed by atoms with Gasteiger partial charge in [-0.1, -0.05) is 45.0 Å². The van der Waals surface area contributed by atoms with Crippen LogP contribution in [0.4, 0.5) is 14.5 Å². The van der Waals surface area contributed by atoms with E-state index in [1.54, 1.807) is 11.6 Å². The van der Waals surface area contributed by atoms with Crippen molar-refractivity contribution in [2.75, 3.05) is 11.6 Å². The van der Waals surface area contributed by atoms with E-state index < -0.39 is 40.7 Å². The van der Waals surface area contributed by atoms with Crippen LogP contribution in [0.15, 0.2) is 36.4 Å². The Morgan fingerprint density at radius 3 is 1.89 bits per heavy atom. The van der Waals surface area contributed by atoms with E-state index in [0.29, 0.717) is 0 Å². The number of phenols is 1. The predicted octanol–water partition coefficient (Wildman–Crippen LogP) is 5.89. The van der Waals surface area contributed by atoms with Crippen LogP contribution in [0, 0.1) is 11.6 Å². The zero-order valence-corrected chi connectivity index (χ0v) is 21.3. The molecule has 148 valence electrons. The van der Waals surface area contributed by atoms with Crippen molar-refractivity contribution in [3.63, 3.8) is 0 Å². The number of hydrogen-bond donors (Lipinski definition) is 1. The van der Waals surface area contributed by atoms with Crippen molar-refractivity contribution in [2.45, 2.75) is 39.3 Å². The fourth-order valence-corrected chi connectivity index (χ4v) is 5.26. The molecule has 0 aliphatic carbocycles. The summed E-state index contributed by atoms with van der Waals surface area (Å²) in [5, 5.41) is 11.6. The average Bonchev–Trinajstić information content (AvgIpc) is 2.54. The van der Waals surface area contributed by atoms with Gasteiger partial charge in [-0.25, -0.2) is 8.78 Å². The number of halogens is 4. The molecule has 0 amide bonds. The van der Waals surface area contributed by atoms with Crippen molar-refractivity contribution in [1.82, 2.24) is 0 Å². The molecule has 0 spiro atoms. The third kappa shape index (κ3) is 5.79. The fraction of sp³-hybridized carbons (Fsp3) is 0.368. The second-order valence-corrected chi connectivity index (χ2v) is 15.8. The zero-order chi connectivity index (χ0) is 21.0. The van der Waals surface area contributed by atoms with Gasteiger partial charge >= 0.3 is 37.9 Å². The quantitative estimate of drug-likeness (QED) is 0.520. The topological polar surface area (TPSA) is 23.5 Å². The Bertz CT molecular complexity index is 765. The maximum atomic E-state index is 14.2. The van der Waals surface area contributed by atoms with Crippen molar-refractivity contribution in [3.05, 3.63) is 53.6 Å². The molecule has 8 heteroatoms. The number of benzene rings is 2. The number of rotatable bonds is 3. The van der Waals surface area contributed by atoms with Gasteiger partial charge in [-0.3, -0.25) is 0 Å². The number of nitrogens with zero attached hydrogens (tertiary/aromatic N) is 1. The van der Waals surface area contributed by atoms with Crippen LogP contribution in [0.5, 0.6) is 5.75 Å². The van der Waals surface area contributed by atoms with Gasteiger partial charge < -0.3 is 9.67 Å². The van der Waals surface area contributed by atoms with Crippen LogP contribution >= 0.6 is 17.0 Å². The van der Waals surface area contributed by atoms with Gasteiger partial charge in [0.05, 0.1) is 0 Å². The normalized spacial score (nSPS) is 11.5. The molecule has 1 N–H and O–H groups in total. The van der Waals surface area contributed by atoms with Crippen molar-refractivity contribution in [3.8, 4) is 5.75 Å². The molecule has 0 bridgehead atoms. The molecule has 2 rings (SSSR count). The van der Waals surface area contributed by atoms with Crippen LogP contribution in [0.2, 0.25) is 13.1 Å². The van der Waals surface area contributed by atoms with Gasteiger partial charge in [0.25, 0.3) is 0 Å². The van der Waals surface area contributed by atoms with Crippen LogP contribution in [0.1, 0.15) is 26.3 Å². The summed E-state index contributed by atoms with van der Waals surface area (Å²) in [6, 6.07) is 9.51. The Morgan fingerprint density at radius 2 is 1.44 bits per heavy atom.